The number of rotatable bonds is 7. The van der Waals surface area contributed by atoms with Crippen molar-refractivity contribution in [1.82, 2.24) is 0 Å². The van der Waals surface area contributed by atoms with Gasteiger partial charge in [-0.2, -0.15) is 0 Å². The molecule has 0 radical (unpaired) electrons. The van der Waals surface area contributed by atoms with E-state index in [-0.39, 0.29) is 12.5 Å². The molecule has 1 unspecified atom stereocenters. The molecule has 0 rings (SSSR count). The zero-order chi connectivity index (χ0) is 11.7. The molecule has 0 bridgehead atoms. The molecule has 3 heteroatoms. The van der Waals surface area contributed by atoms with E-state index in [1.807, 2.05) is 0 Å². The number of nitrogens with two attached hydrogens (primary N) is 1. The third kappa shape index (κ3) is 9.47. The van der Waals surface area contributed by atoms with Gasteiger partial charge in [0.05, 0.1) is 13.2 Å². The average Bonchev–Trinajstić information content (AvgIpc) is 2.17. The van der Waals surface area contributed by atoms with Gasteiger partial charge in [-0.3, -0.25) is 4.79 Å². The summed E-state index contributed by atoms with van der Waals surface area (Å²) >= 11 is 0. The van der Waals surface area contributed by atoms with Gasteiger partial charge in [0.2, 0.25) is 0 Å². The molecule has 0 aliphatic rings. The van der Waals surface area contributed by atoms with Crippen LogP contribution in [0.25, 0.3) is 0 Å². The summed E-state index contributed by atoms with van der Waals surface area (Å²) in [6.07, 6.45) is 5.41. The average molecular weight is 213 g/mol. The summed E-state index contributed by atoms with van der Waals surface area (Å²) in [5.41, 5.74) is 6.48. The summed E-state index contributed by atoms with van der Waals surface area (Å²) in [6.45, 7) is 6.86. The van der Waals surface area contributed by atoms with Gasteiger partial charge in [0.25, 0.3) is 0 Å². The Morgan fingerprint density at radius 1 is 1.40 bits per heavy atom. The molecule has 0 saturated carbocycles. The van der Waals surface area contributed by atoms with Crippen LogP contribution in [0.1, 0.15) is 40.0 Å². The second-order valence-corrected chi connectivity index (χ2v) is 4.18. The lowest BCUT2D eigenvalue weighted by molar-refractivity contribution is -0.142. The zero-order valence-electron chi connectivity index (χ0n) is 10.1. The van der Waals surface area contributed by atoms with Crippen molar-refractivity contribution < 1.29 is 9.53 Å². The van der Waals surface area contributed by atoms with E-state index < -0.39 is 0 Å². The van der Waals surface area contributed by atoms with E-state index in [2.05, 4.69) is 26.8 Å². The van der Waals surface area contributed by atoms with E-state index in [9.17, 15) is 4.79 Å². The van der Waals surface area contributed by atoms with Gasteiger partial charge in [0, 0.05) is 0 Å². The second kappa shape index (κ2) is 8.48. The van der Waals surface area contributed by atoms with Crippen LogP contribution in [0.4, 0.5) is 0 Å². The predicted molar refractivity (Wildman–Crippen MR) is 62.5 cm³/mol. The van der Waals surface area contributed by atoms with Gasteiger partial charge >= 0.3 is 5.97 Å². The molecule has 1 atom stereocenters. The first-order chi connectivity index (χ1) is 7.06. The molecule has 2 N–H and O–H groups in total. The summed E-state index contributed by atoms with van der Waals surface area (Å²) in [4.78, 5) is 10.7. The third-order valence-corrected chi connectivity index (χ3v) is 2.25. The van der Waals surface area contributed by atoms with Crippen LogP contribution in [0.5, 0.6) is 0 Å². The Hall–Kier alpha value is -0.830. The van der Waals surface area contributed by atoms with Crippen molar-refractivity contribution in [3.05, 3.63) is 11.6 Å². The van der Waals surface area contributed by atoms with Gasteiger partial charge in [-0.1, -0.05) is 18.6 Å². The van der Waals surface area contributed by atoms with E-state index in [0.29, 0.717) is 12.5 Å². The van der Waals surface area contributed by atoms with E-state index in [4.69, 9.17) is 10.5 Å². The van der Waals surface area contributed by atoms with Crippen LogP contribution >= 0.6 is 0 Å². The van der Waals surface area contributed by atoms with Gasteiger partial charge in [-0.15, -0.1) is 0 Å². The largest absolute Gasteiger partial charge is 0.465 e. The van der Waals surface area contributed by atoms with Gasteiger partial charge < -0.3 is 10.5 Å². The highest BCUT2D eigenvalue weighted by Gasteiger charge is 2.03. The van der Waals surface area contributed by atoms with Crippen LogP contribution in [-0.2, 0) is 9.53 Å². The SMILES string of the molecule is CC(C)=CCCC(C)CCOC(=O)CN. The van der Waals surface area contributed by atoms with Gasteiger partial charge in [-0.05, 0) is 39.0 Å². The first kappa shape index (κ1) is 14.2. The Kier molecular flexibility index (Phi) is 8.01. The number of ether oxygens (including phenoxy) is 1. The number of esters is 1. The maximum absolute atomic E-state index is 10.7. The summed E-state index contributed by atoms with van der Waals surface area (Å²) < 4.78 is 4.91. The minimum absolute atomic E-state index is 0.0217. The highest BCUT2D eigenvalue weighted by atomic mass is 16.5. The van der Waals surface area contributed by atoms with Crippen LogP contribution in [0.2, 0.25) is 0 Å². The molecule has 88 valence electrons. The second-order valence-electron chi connectivity index (χ2n) is 4.18. The molecule has 0 aromatic rings. The highest BCUT2D eigenvalue weighted by Crippen LogP contribution is 2.11. The Morgan fingerprint density at radius 2 is 2.07 bits per heavy atom. The van der Waals surface area contributed by atoms with Crippen molar-refractivity contribution in [2.45, 2.75) is 40.0 Å². The Balaban J connectivity index is 3.45. The lowest BCUT2D eigenvalue weighted by atomic mass is 10.0. The maximum atomic E-state index is 10.7. The molecule has 0 heterocycles. The molecule has 3 nitrogen and oxygen atoms in total. The fraction of sp³-hybridized carbons (Fsp3) is 0.750. The number of hydrogen-bond donors (Lipinski definition) is 1. The molecular weight excluding hydrogens is 190 g/mol. The molecule has 0 aliphatic carbocycles. The van der Waals surface area contributed by atoms with Crippen LogP contribution in [0.15, 0.2) is 11.6 Å². The summed E-state index contributed by atoms with van der Waals surface area (Å²) in [5, 5.41) is 0. The first-order valence-electron chi connectivity index (χ1n) is 5.55. The smallest absolute Gasteiger partial charge is 0.319 e. The number of carbonyl (C=O) groups is 1. The van der Waals surface area contributed by atoms with Crippen LogP contribution in [0.3, 0.4) is 0 Å². The molecule has 0 aliphatic heterocycles. The first-order valence-corrected chi connectivity index (χ1v) is 5.55. The van der Waals surface area contributed by atoms with Gasteiger partial charge in [0.1, 0.15) is 0 Å². The molecule has 0 spiro atoms. The Morgan fingerprint density at radius 3 is 2.60 bits per heavy atom. The van der Waals surface area contributed by atoms with E-state index in [1.54, 1.807) is 0 Å². The van der Waals surface area contributed by atoms with E-state index >= 15 is 0 Å². The van der Waals surface area contributed by atoms with Crippen LogP contribution in [0, 0.1) is 5.92 Å². The summed E-state index contributed by atoms with van der Waals surface area (Å²) in [7, 11) is 0. The lowest BCUT2D eigenvalue weighted by Crippen LogP contribution is -2.18. The Labute approximate surface area is 92.7 Å². The highest BCUT2D eigenvalue weighted by molar-refractivity contribution is 5.71. The number of hydrogen-bond acceptors (Lipinski definition) is 3. The maximum Gasteiger partial charge on any atom is 0.319 e. The normalized spacial score (nSPS) is 12.0. The minimum Gasteiger partial charge on any atom is -0.465 e. The summed E-state index contributed by atoms with van der Waals surface area (Å²) in [5.74, 6) is 0.276. The molecule has 0 fully saturated rings. The summed E-state index contributed by atoms with van der Waals surface area (Å²) in [6, 6.07) is 0. The lowest BCUT2D eigenvalue weighted by Gasteiger charge is -2.10. The molecule has 15 heavy (non-hydrogen) atoms. The number of carbonyl (C=O) groups excluding carboxylic acids is 1. The molecule has 0 aromatic carbocycles. The standard InChI is InChI=1S/C12H23NO2/c1-10(2)5-4-6-11(3)7-8-15-12(14)9-13/h5,11H,4,6-9,13H2,1-3H3. The Bertz CT molecular complexity index is 208. The third-order valence-electron chi connectivity index (χ3n) is 2.25. The van der Waals surface area contributed by atoms with Crippen molar-refractivity contribution in [3.63, 3.8) is 0 Å². The minimum atomic E-state index is -0.313. The van der Waals surface area contributed by atoms with Crippen molar-refractivity contribution >= 4 is 5.97 Å². The van der Waals surface area contributed by atoms with Crippen LogP contribution < -0.4 is 5.73 Å². The van der Waals surface area contributed by atoms with Crippen LogP contribution in [-0.4, -0.2) is 19.1 Å². The molecule has 0 amide bonds. The molecule has 0 saturated heterocycles. The van der Waals surface area contributed by atoms with Crippen molar-refractivity contribution in [2.24, 2.45) is 11.7 Å². The molecule has 0 aromatic heterocycles. The van der Waals surface area contributed by atoms with Crippen molar-refractivity contribution in [1.29, 1.82) is 0 Å². The topological polar surface area (TPSA) is 52.3 Å². The quantitative estimate of drug-likeness (QED) is 0.521. The van der Waals surface area contributed by atoms with Gasteiger partial charge in [0.15, 0.2) is 0 Å². The van der Waals surface area contributed by atoms with Crippen molar-refractivity contribution in [2.75, 3.05) is 13.2 Å². The number of allylic oxidation sites excluding steroid dienone is 2. The monoisotopic (exact) mass is 213 g/mol. The van der Waals surface area contributed by atoms with E-state index in [1.165, 1.54) is 5.57 Å². The fourth-order valence-corrected chi connectivity index (χ4v) is 1.23. The van der Waals surface area contributed by atoms with Gasteiger partial charge in [-0.25, -0.2) is 0 Å². The predicted octanol–water partition coefficient (Wildman–Crippen LogP) is 2.26. The zero-order valence-corrected chi connectivity index (χ0v) is 10.1. The molecular formula is C12H23NO2. The van der Waals surface area contributed by atoms with Crippen molar-refractivity contribution in [3.8, 4) is 0 Å². The fourth-order valence-electron chi connectivity index (χ4n) is 1.23. The van der Waals surface area contributed by atoms with E-state index in [0.717, 1.165) is 19.3 Å².